The number of nitrogens with one attached hydrogen (secondary N) is 2. The molecule has 0 saturated heterocycles. The lowest BCUT2D eigenvalue weighted by molar-refractivity contribution is -0.429. The fraction of sp³-hybridized carbons (Fsp3) is 0. The second kappa shape index (κ2) is 8.84. The van der Waals surface area contributed by atoms with E-state index in [0.717, 1.165) is 0 Å². The monoisotopic (exact) mass is 394 g/mol. The third-order valence-corrected chi connectivity index (χ3v) is 3.84. The average molecular weight is 395 g/mol. The molecule has 2 aromatic rings. The maximum absolute atomic E-state index is 11.6. The number of allylic oxidation sites excluding steroid dienone is 1. The minimum Gasteiger partial charge on any atom is -0.336 e. The lowest BCUT2D eigenvalue weighted by atomic mass is 10.3. The summed E-state index contributed by atoms with van der Waals surface area (Å²) >= 11 is 11.4. The van der Waals surface area contributed by atoms with Crippen molar-refractivity contribution in [2.45, 2.75) is 0 Å². The molecule has 134 valence electrons. The summed E-state index contributed by atoms with van der Waals surface area (Å²) in [6.45, 7) is 0. The number of halogens is 2. The molecular formula is C16H12Cl2N4O4. The number of nitrogens with zero attached hydrogens (tertiary/aromatic N) is 2. The van der Waals surface area contributed by atoms with E-state index in [0.29, 0.717) is 11.4 Å². The lowest BCUT2D eigenvalue weighted by Crippen LogP contribution is -2.18. The normalized spacial score (nSPS) is 11.2. The van der Waals surface area contributed by atoms with Crippen LogP contribution < -0.4 is 10.6 Å². The molecule has 0 aliphatic rings. The summed E-state index contributed by atoms with van der Waals surface area (Å²) in [6, 6.07) is 17.1. The standard InChI is InChI=1S/C16H12Cl2N4O4/c17-13(15(18)22(25)26)14(21(23)24)16(19-11-7-3-1-4-8-11)20-12-9-5-2-6-10-12/h1-10,19-20H/b15-13-. The minimum atomic E-state index is -1.06. The fourth-order valence-corrected chi connectivity index (χ4v) is 2.26. The van der Waals surface area contributed by atoms with Crippen LogP contribution in [0.25, 0.3) is 0 Å². The molecule has 0 spiro atoms. The van der Waals surface area contributed by atoms with E-state index in [-0.39, 0.29) is 5.82 Å². The van der Waals surface area contributed by atoms with Crippen LogP contribution in [0.5, 0.6) is 0 Å². The third kappa shape index (κ3) is 4.95. The maximum Gasteiger partial charge on any atom is 0.363 e. The summed E-state index contributed by atoms with van der Waals surface area (Å²) in [7, 11) is 0. The Labute approximate surface area is 158 Å². The molecular weight excluding hydrogens is 383 g/mol. The van der Waals surface area contributed by atoms with E-state index in [1.165, 1.54) is 0 Å². The van der Waals surface area contributed by atoms with E-state index in [2.05, 4.69) is 10.6 Å². The highest BCUT2D eigenvalue weighted by molar-refractivity contribution is 6.39. The van der Waals surface area contributed by atoms with Gasteiger partial charge in [0.1, 0.15) is 0 Å². The van der Waals surface area contributed by atoms with Crippen LogP contribution >= 0.6 is 23.2 Å². The molecule has 0 aromatic heterocycles. The van der Waals surface area contributed by atoms with Crippen LogP contribution in [-0.4, -0.2) is 9.85 Å². The first-order chi connectivity index (χ1) is 12.4. The van der Waals surface area contributed by atoms with Gasteiger partial charge in [0.25, 0.3) is 0 Å². The number of anilines is 2. The van der Waals surface area contributed by atoms with Gasteiger partial charge in [0.05, 0.1) is 9.85 Å². The Balaban J connectivity index is 2.60. The first-order valence-electron chi connectivity index (χ1n) is 7.13. The first kappa shape index (κ1) is 19.2. The van der Waals surface area contributed by atoms with Crippen LogP contribution in [0.15, 0.2) is 82.4 Å². The Morgan fingerprint density at radius 1 is 0.769 bits per heavy atom. The molecule has 0 saturated carbocycles. The number of rotatable bonds is 7. The Bertz CT molecular complexity index is 827. The van der Waals surface area contributed by atoms with Gasteiger partial charge in [-0.05, 0) is 35.9 Å². The predicted octanol–water partition coefficient (Wildman–Crippen LogP) is 4.58. The van der Waals surface area contributed by atoms with Crippen molar-refractivity contribution >= 4 is 34.6 Å². The van der Waals surface area contributed by atoms with Crippen LogP contribution in [-0.2, 0) is 0 Å². The van der Waals surface area contributed by atoms with Gasteiger partial charge in [-0.1, -0.05) is 48.0 Å². The number of nitro groups is 2. The van der Waals surface area contributed by atoms with E-state index in [1.807, 2.05) is 0 Å². The molecule has 10 heteroatoms. The van der Waals surface area contributed by atoms with Crippen molar-refractivity contribution in [1.82, 2.24) is 0 Å². The quantitative estimate of drug-likeness (QED) is 0.307. The average Bonchev–Trinajstić information content (AvgIpc) is 2.62. The van der Waals surface area contributed by atoms with Gasteiger partial charge in [-0.25, -0.2) is 0 Å². The van der Waals surface area contributed by atoms with Crippen LogP contribution in [0.2, 0.25) is 0 Å². The molecule has 26 heavy (non-hydrogen) atoms. The molecule has 2 rings (SSSR count). The van der Waals surface area contributed by atoms with E-state index < -0.39 is 25.7 Å². The zero-order chi connectivity index (χ0) is 19.1. The summed E-state index contributed by atoms with van der Waals surface area (Å²) in [4.78, 5) is 20.6. The van der Waals surface area contributed by atoms with Gasteiger partial charge < -0.3 is 10.6 Å². The summed E-state index contributed by atoms with van der Waals surface area (Å²) in [6.07, 6.45) is 0. The van der Waals surface area contributed by atoms with Gasteiger partial charge in [-0.3, -0.25) is 20.2 Å². The summed E-state index contributed by atoms with van der Waals surface area (Å²) in [5.74, 6) is -0.169. The molecule has 0 heterocycles. The van der Waals surface area contributed by atoms with Crippen molar-refractivity contribution in [3.05, 3.63) is 103 Å². The summed E-state index contributed by atoms with van der Waals surface area (Å²) in [5.41, 5.74) is 0.250. The number of para-hydroxylation sites is 2. The fourth-order valence-electron chi connectivity index (χ4n) is 1.94. The molecule has 0 bridgehead atoms. The first-order valence-corrected chi connectivity index (χ1v) is 7.88. The third-order valence-electron chi connectivity index (χ3n) is 3.05. The molecule has 0 aliphatic heterocycles. The van der Waals surface area contributed by atoms with Crippen molar-refractivity contribution in [2.75, 3.05) is 10.6 Å². The van der Waals surface area contributed by atoms with Crippen LogP contribution in [0, 0.1) is 20.2 Å². The number of benzene rings is 2. The Morgan fingerprint density at radius 3 is 1.54 bits per heavy atom. The Hall–Kier alpha value is -3.10. The summed E-state index contributed by atoms with van der Waals surface area (Å²) < 4.78 is 0. The van der Waals surface area contributed by atoms with E-state index in [1.54, 1.807) is 60.7 Å². The van der Waals surface area contributed by atoms with Gasteiger partial charge >= 0.3 is 10.9 Å². The van der Waals surface area contributed by atoms with Gasteiger partial charge in [0, 0.05) is 11.4 Å². The topological polar surface area (TPSA) is 110 Å². The van der Waals surface area contributed by atoms with Crippen LogP contribution in [0.1, 0.15) is 0 Å². The maximum atomic E-state index is 11.6. The van der Waals surface area contributed by atoms with Gasteiger partial charge in [-0.15, -0.1) is 0 Å². The number of hydrogen-bond donors (Lipinski definition) is 2. The Morgan fingerprint density at radius 2 is 1.19 bits per heavy atom. The minimum absolute atomic E-state index is 0.169. The molecule has 8 nitrogen and oxygen atoms in total. The second-order valence-electron chi connectivity index (χ2n) is 4.82. The van der Waals surface area contributed by atoms with Crippen molar-refractivity contribution in [3.8, 4) is 0 Å². The van der Waals surface area contributed by atoms with Crippen molar-refractivity contribution in [1.29, 1.82) is 0 Å². The molecule has 0 amide bonds. The number of hydrogen-bond acceptors (Lipinski definition) is 6. The van der Waals surface area contributed by atoms with Crippen LogP contribution in [0.4, 0.5) is 11.4 Å². The second-order valence-corrected chi connectivity index (χ2v) is 5.56. The van der Waals surface area contributed by atoms with E-state index in [4.69, 9.17) is 23.2 Å². The van der Waals surface area contributed by atoms with Gasteiger partial charge in [-0.2, -0.15) is 0 Å². The van der Waals surface area contributed by atoms with Crippen LogP contribution in [0.3, 0.4) is 0 Å². The SMILES string of the molecule is O=[N+]([O-])C(=C(Nc1ccccc1)Nc1ccccc1)/C(Cl)=C(\Cl)[N+](=O)[O-]. The van der Waals surface area contributed by atoms with Crippen molar-refractivity contribution in [2.24, 2.45) is 0 Å². The summed E-state index contributed by atoms with van der Waals surface area (Å²) in [5, 5.41) is 26.2. The molecule has 0 unspecified atom stereocenters. The van der Waals surface area contributed by atoms with Crippen molar-refractivity contribution in [3.63, 3.8) is 0 Å². The van der Waals surface area contributed by atoms with Crippen molar-refractivity contribution < 1.29 is 9.85 Å². The van der Waals surface area contributed by atoms with Gasteiger partial charge in [0.15, 0.2) is 5.82 Å². The Kier molecular flexibility index (Phi) is 6.54. The molecule has 0 aliphatic carbocycles. The van der Waals surface area contributed by atoms with Gasteiger partial charge in [0.2, 0.25) is 5.03 Å². The largest absolute Gasteiger partial charge is 0.363 e. The zero-order valence-corrected chi connectivity index (χ0v) is 14.6. The van der Waals surface area contributed by atoms with E-state index >= 15 is 0 Å². The molecule has 2 N–H and O–H groups in total. The lowest BCUT2D eigenvalue weighted by Gasteiger charge is -2.14. The van der Waals surface area contributed by atoms with E-state index in [9.17, 15) is 20.2 Å². The predicted molar refractivity (Wildman–Crippen MR) is 99.9 cm³/mol. The molecule has 0 fully saturated rings. The highest BCUT2D eigenvalue weighted by Gasteiger charge is 2.31. The molecule has 0 radical (unpaired) electrons. The molecule has 0 atom stereocenters. The highest BCUT2D eigenvalue weighted by Crippen LogP contribution is 2.27. The zero-order valence-electron chi connectivity index (χ0n) is 13.1. The highest BCUT2D eigenvalue weighted by atomic mass is 35.5. The molecule has 2 aromatic carbocycles. The smallest absolute Gasteiger partial charge is 0.336 e.